The summed E-state index contributed by atoms with van der Waals surface area (Å²) >= 11 is 0. The quantitative estimate of drug-likeness (QED) is 0.684. The molecule has 0 spiro atoms. The molecule has 0 aromatic heterocycles. The lowest BCUT2D eigenvalue weighted by Gasteiger charge is -2.01. The van der Waals surface area contributed by atoms with Crippen LogP contribution in [0, 0.1) is 6.07 Å². The first-order valence-electron chi connectivity index (χ1n) is 4.00. The maximum absolute atomic E-state index is 9.24. The fraction of sp³-hybridized carbons (Fsp3) is 0.400. The maximum Gasteiger partial charge on any atom is 0.116 e. The Morgan fingerprint density at radius 2 is 1.64 bits per heavy atom. The second kappa shape index (κ2) is 3.42. The molecule has 0 aliphatic carbocycles. The lowest BCUT2D eigenvalue weighted by atomic mass is 10.1. The molecule has 0 saturated carbocycles. The Balaban J connectivity index is 3.02. The van der Waals surface area contributed by atoms with E-state index in [-0.39, 0.29) is 0 Å². The summed E-state index contributed by atoms with van der Waals surface area (Å²) in [6.45, 7) is 4.12. The third kappa shape index (κ3) is 1.97. The average molecular weight is 149 g/mol. The zero-order valence-electron chi connectivity index (χ0n) is 7.02. The van der Waals surface area contributed by atoms with Gasteiger partial charge in [-0.25, -0.2) is 0 Å². The van der Waals surface area contributed by atoms with E-state index in [4.69, 9.17) is 0 Å². The molecule has 0 atom stereocenters. The molecule has 11 heavy (non-hydrogen) atoms. The number of hydrogen-bond donors (Lipinski definition) is 1. The molecule has 0 aliphatic heterocycles. The van der Waals surface area contributed by atoms with Crippen LogP contribution < -0.4 is 0 Å². The molecule has 1 radical (unpaired) electrons. The third-order valence-corrected chi connectivity index (χ3v) is 1.73. The molecule has 59 valence electrons. The molecule has 1 rings (SSSR count). The summed E-state index contributed by atoms with van der Waals surface area (Å²) in [5.74, 6) is 0.359. The summed E-state index contributed by atoms with van der Waals surface area (Å²) in [7, 11) is 0. The van der Waals surface area contributed by atoms with Gasteiger partial charge in [0.25, 0.3) is 0 Å². The molecule has 1 nitrogen and oxygen atoms in total. The Kier molecular flexibility index (Phi) is 2.53. The highest BCUT2D eigenvalue weighted by Gasteiger charge is 1.96. The van der Waals surface area contributed by atoms with Crippen molar-refractivity contribution < 1.29 is 5.11 Å². The number of phenolic OH excluding ortho intramolecular Hbond substituents is 1. The molecule has 0 heterocycles. The van der Waals surface area contributed by atoms with Gasteiger partial charge in [-0.1, -0.05) is 13.8 Å². The molecule has 0 amide bonds. The zero-order chi connectivity index (χ0) is 8.27. The van der Waals surface area contributed by atoms with Crippen molar-refractivity contribution in [3.8, 4) is 5.75 Å². The fourth-order valence-electron chi connectivity index (χ4n) is 1.06. The van der Waals surface area contributed by atoms with Gasteiger partial charge in [0.1, 0.15) is 5.75 Å². The molecule has 1 aromatic rings. The summed E-state index contributed by atoms with van der Waals surface area (Å²) in [4.78, 5) is 0. The molecule has 0 fully saturated rings. The van der Waals surface area contributed by atoms with Crippen LogP contribution in [0.4, 0.5) is 0 Å². The van der Waals surface area contributed by atoms with E-state index in [2.05, 4.69) is 19.9 Å². The average Bonchev–Trinajstić information content (AvgIpc) is 2.03. The summed E-state index contributed by atoms with van der Waals surface area (Å²) in [6, 6.07) is 6.75. The predicted molar refractivity (Wildman–Crippen MR) is 45.7 cm³/mol. The number of rotatable bonds is 2. The molecule has 0 aliphatic rings. The van der Waals surface area contributed by atoms with Crippen LogP contribution in [0.25, 0.3) is 0 Å². The second-order valence-electron chi connectivity index (χ2n) is 2.60. The lowest BCUT2D eigenvalue weighted by molar-refractivity contribution is 0.474. The van der Waals surface area contributed by atoms with Crippen LogP contribution in [-0.4, -0.2) is 5.11 Å². The van der Waals surface area contributed by atoms with Gasteiger partial charge in [0, 0.05) is 0 Å². The van der Waals surface area contributed by atoms with Crippen LogP contribution in [0.3, 0.4) is 0 Å². The van der Waals surface area contributed by atoms with Gasteiger partial charge >= 0.3 is 0 Å². The number of benzene rings is 1. The van der Waals surface area contributed by atoms with E-state index < -0.39 is 0 Å². The van der Waals surface area contributed by atoms with Gasteiger partial charge in [0.15, 0.2) is 0 Å². The Hall–Kier alpha value is -0.980. The van der Waals surface area contributed by atoms with Crippen molar-refractivity contribution in [2.24, 2.45) is 0 Å². The molecule has 1 N–H and O–H groups in total. The first kappa shape index (κ1) is 8.12. The smallest absolute Gasteiger partial charge is 0.116 e. The summed E-state index contributed by atoms with van der Waals surface area (Å²) < 4.78 is 0. The first-order valence-corrected chi connectivity index (χ1v) is 4.00. The minimum Gasteiger partial charge on any atom is -0.508 e. The molecule has 0 bridgehead atoms. The van der Waals surface area contributed by atoms with E-state index in [9.17, 15) is 5.11 Å². The van der Waals surface area contributed by atoms with Crippen molar-refractivity contribution in [1.82, 2.24) is 0 Å². The van der Waals surface area contributed by atoms with Crippen molar-refractivity contribution >= 4 is 0 Å². The standard InChI is InChI=1S/C10H13O/c1-3-8-5-9(4-2)7-10(11)6-8/h6-7,11H,3-4H2,1-2H3. The van der Waals surface area contributed by atoms with Crippen molar-refractivity contribution in [2.75, 3.05) is 0 Å². The van der Waals surface area contributed by atoms with Crippen molar-refractivity contribution in [3.63, 3.8) is 0 Å². The van der Waals surface area contributed by atoms with Crippen molar-refractivity contribution in [1.29, 1.82) is 0 Å². The Bertz CT molecular complexity index is 218. The van der Waals surface area contributed by atoms with Crippen LogP contribution in [0.15, 0.2) is 12.1 Å². The largest absolute Gasteiger partial charge is 0.508 e. The lowest BCUT2D eigenvalue weighted by Crippen LogP contribution is -1.85. The number of aromatic hydroxyl groups is 1. The number of hydrogen-bond acceptors (Lipinski definition) is 1. The summed E-state index contributed by atoms with van der Waals surface area (Å²) in [5.41, 5.74) is 2.17. The second-order valence-corrected chi connectivity index (χ2v) is 2.60. The summed E-state index contributed by atoms with van der Waals surface area (Å²) in [6.07, 6.45) is 1.86. The van der Waals surface area contributed by atoms with E-state index in [1.807, 2.05) is 0 Å². The van der Waals surface area contributed by atoms with Crippen molar-refractivity contribution in [3.05, 3.63) is 29.3 Å². The van der Waals surface area contributed by atoms with Gasteiger partial charge in [-0.15, -0.1) is 0 Å². The monoisotopic (exact) mass is 149 g/mol. The number of aryl methyl sites for hydroxylation is 2. The maximum atomic E-state index is 9.24. The Morgan fingerprint density at radius 1 is 1.18 bits per heavy atom. The molecular formula is C10H13O. The van der Waals surface area contributed by atoms with Gasteiger partial charge in [-0.05, 0) is 42.2 Å². The zero-order valence-corrected chi connectivity index (χ0v) is 7.02. The fourth-order valence-corrected chi connectivity index (χ4v) is 1.06. The topological polar surface area (TPSA) is 20.2 Å². The SMILES string of the molecule is CCc1[c]c(CC)cc(O)c1. The minimum absolute atomic E-state index is 0.359. The van der Waals surface area contributed by atoms with Gasteiger partial charge in [0.05, 0.1) is 0 Å². The van der Waals surface area contributed by atoms with E-state index in [1.165, 1.54) is 0 Å². The van der Waals surface area contributed by atoms with Crippen molar-refractivity contribution in [2.45, 2.75) is 26.7 Å². The highest BCUT2D eigenvalue weighted by molar-refractivity contribution is 5.32. The van der Waals surface area contributed by atoms with Crippen LogP contribution in [0.2, 0.25) is 0 Å². The summed E-state index contributed by atoms with van der Waals surface area (Å²) in [5, 5.41) is 9.24. The molecule has 0 saturated heterocycles. The normalized spacial score (nSPS) is 10.0. The third-order valence-electron chi connectivity index (χ3n) is 1.73. The van der Waals surface area contributed by atoms with E-state index in [0.717, 1.165) is 24.0 Å². The Labute approximate surface area is 67.7 Å². The van der Waals surface area contributed by atoms with Gasteiger partial charge < -0.3 is 5.11 Å². The molecular weight excluding hydrogens is 136 g/mol. The van der Waals surface area contributed by atoms with E-state index >= 15 is 0 Å². The van der Waals surface area contributed by atoms with Gasteiger partial charge in [-0.2, -0.15) is 0 Å². The molecule has 0 unspecified atom stereocenters. The minimum atomic E-state index is 0.359. The number of phenols is 1. The highest BCUT2D eigenvalue weighted by Crippen LogP contribution is 2.15. The van der Waals surface area contributed by atoms with Crippen LogP contribution in [-0.2, 0) is 12.8 Å². The highest BCUT2D eigenvalue weighted by atomic mass is 16.3. The molecule has 1 heteroatoms. The Morgan fingerprint density at radius 3 is 2.00 bits per heavy atom. The van der Waals surface area contributed by atoms with Crippen LogP contribution in [0.5, 0.6) is 5.75 Å². The predicted octanol–water partition coefficient (Wildman–Crippen LogP) is 2.32. The van der Waals surface area contributed by atoms with Gasteiger partial charge in [-0.3, -0.25) is 0 Å². The van der Waals surface area contributed by atoms with Crippen LogP contribution >= 0.6 is 0 Å². The van der Waals surface area contributed by atoms with E-state index in [1.54, 1.807) is 12.1 Å². The van der Waals surface area contributed by atoms with E-state index in [0.29, 0.717) is 5.75 Å². The van der Waals surface area contributed by atoms with Crippen LogP contribution in [0.1, 0.15) is 25.0 Å². The first-order chi connectivity index (χ1) is 5.26. The van der Waals surface area contributed by atoms with Gasteiger partial charge in [0.2, 0.25) is 0 Å². The molecule has 1 aromatic carbocycles.